The summed E-state index contributed by atoms with van der Waals surface area (Å²) in [6, 6.07) is 14.0. The zero-order valence-corrected chi connectivity index (χ0v) is 22.8. The van der Waals surface area contributed by atoms with Gasteiger partial charge in [-0.15, -0.1) is 0 Å². The zero-order chi connectivity index (χ0) is 24.9. The molecule has 7 nitrogen and oxygen atoms in total. The number of rotatable bonds is 9. The molecule has 1 saturated carbocycles. The molecule has 0 saturated heterocycles. The number of carbonyl (C=O) groups excluding carboxylic acids is 2. The maximum absolute atomic E-state index is 13.6. The van der Waals surface area contributed by atoms with Crippen molar-refractivity contribution in [3.05, 3.63) is 63.2 Å². The van der Waals surface area contributed by atoms with Crippen molar-refractivity contribution < 1.29 is 18.0 Å². The summed E-state index contributed by atoms with van der Waals surface area (Å²) in [5.41, 5.74) is 2.33. The first-order valence-electron chi connectivity index (χ1n) is 11.4. The normalized spacial score (nSPS) is 15.1. The van der Waals surface area contributed by atoms with Gasteiger partial charge in [0, 0.05) is 16.2 Å². The van der Waals surface area contributed by atoms with Crippen LogP contribution in [-0.4, -0.2) is 50.0 Å². The molecule has 0 aliphatic heterocycles. The molecule has 1 atom stereocenters. The van der Waals surface area contributed by atoms with Crippen molar-refractivity contribution in [3.8, 4) is 0 Å². The molecule has 0 bridgehead atoms. The molecular weight excluding hydrogens is 565 g/mol. The number of anilines is 1. The number of benzene rings is 2. The average molecular weight is 598 g/mol. The number of hydrogen-bond donors (Lipinski definition) is 1. The molecule has 0 heterocycles. The Morgan fingerprint density at radius 3 is 2.29 bits per heavy atom. The Labute approximate surface area is 216 Å². The van der Waals surface area contributed by atoms with Gasteiger partial charge in [-0.25, -0.2) is 8.42 Å². The van der Waals surface area contributed by atoms with Gasteiger partial charge in [-0.05, 0) is 84.7 Å². The third-order valence-electron chi connectivity index (χ3n) is 6.26. The van der Waals surface area contributed by atoms with Crippen LogP contribution in [0.4, 0.5) is 5.69 Å². The predicted octanol–water partition coefficient (Wildman–Crippen LogP) is 3.84. The minimum Gasteiger partial charge on any atom is -0.352 e. The van der Waals surface area contributed by atoms with Gasteiger partial charge < -0.3 is 10.2 Å². The van der Waals surface area contributed by atoms with E-state index in [4.69, 9.17) is 0 Å². The highest BCUT2D eigenvalue weighted by Gasteiger charge is 2.31. The Hall–Kier alpha value is -2.14. The van der Waals surface area contributed by atoms with Crippen LogP contribution in [0.2, 0.25) is 0 Å². The van der Waals surface area contributed by atoms with Gasteiger partial charge in [-0.3, -0.25) is 13.9 Å². The van der Waals surface area contributed by atoms with Gasteiger partial charge in [0.25, 0.3) is 0 Å². The van der Waals surface area contributed by atoms with Crippen LogP contribution in [0.1, 0.15) is 43.7 Å². The molecule has 1 N–H and O–H groups in total. The molecule has 3 rings (SSSR count). The Balaban J connectivity index is 1.88. The molecule has 34 heavy (non-hydrogen) atoms. The summed E-state index contributed by atoms with van der Waals surface area (Å²) in [5.74, 6) is -0.643. The van der Waals surface area contributed by atoms with E-state index in [0.717, 1.165) is 50.9 Å². The topological polar surface area (TPSA) is 86.8 Å². The number of sulfonamides is 1. The van der Waals surface area contributed by atoms with Gasteiger partial charge in [-0.2, -0.15) is 0 Å². The molecule has 2 aromatic carbocycles. The molecule has 1 aliphatic rings. The average Bonchev–Trinajstić information content (AvgIpc) is 3.29. The van der Waals surface area contributed by atoms with E-state index in [1.807, 2.05) is 31.2 Å². The van der Waals surface area contributed by atoms with E-state index < -0.39 is 22.0 Å². The Morgan fingerprint density at radius 2 is 1.71 bits per heavy atom. The monoisotopic (exact) mass is 597 g/mol. The maximum atomic E-state index is 13.6. The molecule has 0 aromatic heterocycles. The first-order chi connectivity index (χ1) is 16.1. The van der Waals surface area contributed by atoms with Crippen molar-refractivity contribution in [1.82, 2.24) is 10.2 Å². The minimum absolute atomic E-state index is 0.129. The molecule has 184 valence electrons. The van der Waals surface area contributed by atoms with E-state index in [1.165, 1.54) is 4.90 Å². The molecular formula is C25H32IN3O4S. The fourth-order valence-electron chi connectivity index (χ4n) is 4.17. The van der Waals surface area contributed by atoms with Gasteiger partial charge in [0.05, 0.1) is 11.9 Å². The lowest BCUT2D eigenvalue weighted by Gasteiger charge is -2.32. The molecule has 0 spiro atoms. The second kappa shape index (κ2) is 11.5. The zero-order valence-electron chi connectivity index (χ0n) is 19.8. The van der Waals surface area contributed by atoms with Crippen molar-refractivity contribution in [2.75, 3.05) is 17.1 Å². The van der Waals surface area contributed by atoms with Crippen LogP contribution >= 0.6 is 22.6 Å². The Bertz CT molecular complexity index is 1120. The fraction of sp³-hybridized carbons (Fsp3) is 0.440. The first-order valence-corrected chi connectivity index (χ1v) is 14.4. The van der Waals surface area contributed by atoms with E-state index in [9.17, 15) is 18.0 Å². The molecule has 0 radical (unpaired) electrons. The third-order valence-corrected chi connectivity index (χ3v) is 8.12. The highest BCUT2D eigenvalue weighted by Crippen LogP contribution is 2.22. The number of nitrogens with zero attached hydrogens (tertiary/aromatic N) is 2. The van der Waals surface area contributed by atoms with Crippen LogP contribution < -0.4 is 9.62 Å². The Morgan fingerprint density at radius 1 is 1.09 bits per heavy atom. The van der Waals surface area contributed by atoms with Gasteiger partial charge in [-0.1, -0.05) is 37.1 Å². The number of hydrogen-bond acceptors (Lipinski definition) is 4. The van der Waals surface area contributed by atoms with Gasteiger partial charge in [0.15, 0.2) is 0 Å². The quantitative estimate of drug-likeness (QED) is 0.446. The minimum atomic E-state index is -3.72. The summed E-state index contributed by atoms with van der Waals surface area (Å²) in [6.07, 6.45) is 5.15. The third kappa shape index (κ3) is 6.94. The van der Waals surface area contributed by atoms with Crippen LogP contribution in [0.3, 0.4) is 0 Å². The van der Waals surface area contributed by atoms with E-state index in [0.29, 0.717) is 5.69 Å². The number of nitrogens with one attached hydrogen (secondary N) is 1. The van der Waals surface area contributed by atoms with Crippen LogP contribution in [0.5, 0.6) is 0 Å². The van der Waals surface area contributed by atoms with Crippen LogP contribution in [0.15, 0.2) is 48.5 Å². The van der Waals surface area contributed by atoms with Gasteiger partial charge in [0.2, 0.25) is 21.8 Å². The van der Waals surface area contributed by atoms with Gasteiger partial charge in [0.1, 0.15) is 12.6 Å². The number of carbonyl (C=O) groups is 2. The second-order valence-corrected chi connectivity index (χ2v) is 12.0. The Kier molecular flexibility index (Phi) is 8.97. The summed E-state index contributed by atoms with van der Waals surface area (Å²) in [5, 5.41) is 3.07. The summed E-state index contributed by atoms with van der Waals surface area (Å²) < 4.78 is 27.2. The standard InChI is InChI=1S/C25H32IN3O4S/c1-18-8-4-5-9-20(18)16-28(19(2)25(31)27-22-10-6-7-11-22)24(30)17-29(34(3,32)33)23-14-12-21(26)13-15-23/h4-5,8-9,12-15,19,22H,6-7,10-11,16-17H2,1-3H3,(H,27,31). The molecule has 1 unspecified atom stereocenters. The van der Waals surface area contributed by atoms with E-state index in [1.54, 1.807) is 31.2 Å². The molecule has 9 heteroatoms. The summed E-state index contributed by atoms with van der Waals surface area (Å²) in [7, 11) is -3.72. The SMILES string of the molecule is Cc1ccccc1CN(C(=O)CN(c1ccc(I)cc1)S(C)(=O)=O)C(C)C(=O)NC1CCCC1. The fourth-order valence-corrected chi connectivity index (χ4v) is 5.38. The molecule has 1 aliphatic carbocycles. The van der Waals surface area contributed by atoms with E-state index in [2.05, 4.69) is 27.9 Å². The summed E-state index contributed by atoms with van der Waals surface area (Å²) in [6.45, 7) is 3.49. The maximum Gasteiger partial charge on any atom is 0.244 e. The molecule has 2 amide bonds. The highest BCUT2D eigenvalue weighted by atomic mass is 127. The summed E-state index contributed by atoms with van der Waals surface area (Å²) >= 11 is 2.14. The number of amides is 2. The van der Waals surface area contributed by atoms with Crippen molar-refractivity contribution in [3.63, 3.8) is 0 Å². The lowest BCUT2D eigenvalue weighted by atomic mass is 10.1. The highest BCUT2D eigenvalue weighted by molar-refractivity contribution is 14.1. The molecule has 2 aromatic rings. The van der Waals surface area contributed by atoms with Crippen LogP contribution in [0.25, 0.3) is 0 Å². The van der Waals surface area contributed by atoms with Crippen molar-refractivity contribution in [1.29, 1.82) is 0 Å². The molecule has 1 fully saturated rings. The van der Waals surface area contributed by atoms with Crippen molar-refractivity contribution in [2.24, 2.45) is 0 Å². The lowest BCUT2D eigenvalue weighted by Crippen LogP contribution is -2.52. The lowest BCUT2D eigenvalue weighted by molar-refractivity contribution is -0.139. The van der Waals surface area contributed by atoms with Crippen molar-refractivity contribution >= 4 is 50.1 Å². The van der Waals surface area contributed by atoms with E-state index >= 15 is 0 Å². The second-order valence-electron chi connectivity index (χ2n) is 8.86. The van der Waals surface area contributed by atoms with Crippen molar-refractivity contribution in [2.45, 2.75) is 58.2 Å². The van der Waals surface area contributed by atoms with Crippen LogP contribution in [0, 0.1) is 10.5 Å². The van der Waals surface area contributed by atoms with Gasteiger partial charge >= 0.3 is 0 Å². The van der Waals surface area contributed by atoms with Crippen LogP contribution in [-0.2, 0) is 26.2 Å². The number of halogens is 1. The van der Waals surface area contributed by atoms with E-state index in [-0.39, 0.29) is 25.0 Å². The number of aryl methyl sites for hydroxylation is 1. The summed E-state index contributed by atoms with van der Waals surface area (Å²) in [4.78, 5) is 28.1. The predicted molar refractivity (Wildman–Crippen MR) is 143 cm³/mol. The largest absolute Gasteiger partial charge is 0.352 e. The smallest absolute Gasteiger partial charge is 0.244 e. The first kappa shape index (κ1) is 26.5.